The minimum atomic E-state index is -0.856. The summed E-state index contributed by atoms with van der Waals surface area (Å²) in [6, 6.07) is 0.128. The molecule has 0 bridgehead atoms. The molecule has 0 saturated carbocycles. The van der Waals surface area contributed by atoms with Crippen molar-refractivity contribution in [1.82, 2.24) is 4.90 Å². The normalized spacial score (nSPS) is 25.0. The van der Waals surface area contributed by atoms with E-state index in [1.54, 1.807) is 0 Å². The van der Waals surface area contributed by atoms with Crippen molar-refractivity contribution in [3.05, 3.63) is 0 Å². The van der Waals surface area contributed by atoms with Gasteiger partial charge >= 0.3 is 6.09 Å². The molecule has 0 spiro atoms. The fraction of sp³-hybridized carbons (Fsp3) is 0.833. The number of carbonyl (C=O) groups is 1. The highest BCUT2D eigenvalue weighted by atomic mass is 19.3. The van der Waals surface area contributed by atoms with Crippen LogP contribution in [0.2, 0.25) is 0 Å². The van der Waals surface area contributed by atoms with E-state index in [9.17, 15) is 9.32 Å². The average Bonchev–Trinajstić information content (AvgIpc) is 2.34. The highest BCUT2D eigenvalue weighted by Gasteiger charge is 2.26. The van der Waals surface area contributed by atoms with Gasteiger partial charge in [0, 0.05) is 17.1 Å². The van der Waals surface area contributed by atoms with Crippen molar-refractivity contribution < 1.29 is 14.3 Å². The first kappa shape index (κ1) is 7.31. The molecular weight excluding hydrogens is 137 g/mol. The van der Waals surface area contributed by atoms with Gasteiger partial charge in [0.25, 0.3) is 0 Å². The van der Waals surface area contributed by atoms with E-state index in [2.05, 4.69) is 4.94 Å². The molecule has 0 aliphatic carbocycles. The van der Waals surface area contributed by atoms with Gasteiger partial charge in [0.1, 0.15) is 0 Å². The van der Waals surface area contributed by atoms with Gasteiger partial charge in [-0.15, -0.1) is 0 Å². The van der Waals surface area contributed by atoms with E-state index in [1.807, 2.05) is 6.92 Å². The smallest absolute Gasteiger partial charge is 0.303 e. The number of carbonyl (C=O) groups excluding carboxylic acids is 1. The molecule has 0 aromatic heterocycles. The van der Waals surface area contributed by atoms with Crippen molar-refractivity contribution >= 4 is 6.09 Å². The van der Waals surface area contributed by atoms with Crippen molar-refractivity contribution in [3.8, 4) is 0 Å². The first-order chi connectivity index (χ1) is 4.75. The Bertz CT molecular complexity index is 140. The van der Waals surface area contributed by atoms with Crippen molar-refractivity contribution in [2.24, 2.45) is 0 Å². The highest BCUT2D eigenvalue weighted by Crippen LogP contribution is 2.16. The zero-order valence-corrected chi connectivity index (χ0v) is 5.84. The molecule has 0 aromatic carbocycles. The Morgan fingerprint density at radius 2 is 2.50 bits per heavy atom. The summed E-state index contributed by atoms with van der Waals surface area (Å²) < 4.78 is 11.3. The van der Waals surface area contributed by atoms with Crippen molar-refractivity contribution in [3.63, 3.8) is 0 Å². The lowest BCUT2D eigenvalue weighted by Crippen LogP contribution is -2.32. The molecule has 1 fully saturated rings. The Labute approximate surface area is 58.7 Å². The minimum absolute atomic E-state index is 0.128. The third-order valence-electron chi connectivity index (χ3n) is 1.85. The number of likely N-dealkylation sites (tertiary alicyclic amines) is 1. The van der Waals surface area contributed by atoms with Gasteiger partial charge in [-0.05, 0) is 19.8 Å². The molecule has 1 saturated heterocycles. The molecule has 0 N–H and O–H groups in total. The first-order valence-electron chi connectivity index (χ1n) is 3.35. The summed E-state index contributed by atoms with van der Waals surface area (Å²) in [4.78, 5) is 15.0. The van der Waals surface area contributed by atoms with Gasteiger partial charge in [-0.2, -0.15) is 0 Å². The third kappa shape index (κ3) is 1.20. The van der Waals surface area contributed by atoms with Crippen molar-refractivity contribution in [1.29, 1.82) is 0 Å². The molecule has 58 valence electrons. The molecule has 1 heterocycles. The van der Waals surface area contributed by atoms with Gasteiger partial charge in [-0.1, -0.05) is 0 Å². The van der Waals surface area contributed by atoms with Gasteiger partial charge in [0.15, 0.2) is 0 Å². The second-order valence-corrected chi connectivity index (χ2v) is 2.53. The number of hydrogen-bond acceptors (Lipinski definition) is 2. The summed E-state index contributed by atoms with van der Waals surface area (Å²) in [5.41, 5.74) is 0. The van der Waals surface area contributed by atoms with E-state index >= 15 is 0 Å². The van der Waals surface area contributed by atoms with Gasteiger partial charge in [0.2, 0.25) is 0 Å². The lowest BCUT2D eigenvalue weighted by Gasteiger charge is -2.16. The van der Waals surface area contributed by atoms with Gasteiger partial charge in [0.05, 0.1) is 0 Å². The predicted octanol–water partition coefficient (Wildman–Crippen LogP) is 1.49. The van der Waals surface area contributed by atoms with Crippen LogP contribution < -0.4 is 0 Å². The number of rotatable bonds is 0. The van der Waals surface area contributed by atoms with E-state index in [-0.39, 0.29) is 6.04 Å². The van der Waals surface area contributed by atoms with Crippen LogP contribution in [0.4, 0.5) is 9.32 Å². The Balaban J connectivity index is 2.46. The molecule has 1 unspecified atom stereocenters. The maximum atomic E-state index is 11.3. The number of hydrogen-bond donors (Lipinski definition) is 0. The van der Waals surface area contributed by atoms with Crippen LogP contribution in [0, 0.1) is 0 Å². The zero-order valence-electron chi connectivity index (χ0n) is 5.84. The Hall–Kier alpha value is -0.800. The molecule has 1 rings (SSSR count). The summed E-state index contributed by atoms with van der Waals surface area (Å²) in [6.07, 6.45) is 1.02. The Morgan fingerprint density at radius 3 is 2.90 bits per heavy atom. The standard InChI is InChI=1S/C6H10FNO2/c1-5-3-2-4-8(5)6(9)10-7/h5H,2-4H2,1H3. The van der Waals surface area contributed by atoms with E-state index in [0.29, 0.717) is 6.54 Å². The van der Waals surface area contributed by atoms with Crippen LogP contribution in [0.1, 0.15) is 19.8 Å². The molecule has 3 nitrogen and oxygen atoms in total. The Kier molecular flexibility index (Phi) is 2.09. The molecule has 0 aromatic rings. The van der Waals surface area contributed by atoms with E-state index in [0.717, 1.165) is 12.8 Å². The first-order valence-corrected chi connectivity index (χ1v) is 3.35. The molecule has 1 amide bonds. The summed E-state index contributed by atoms with van der Waals surface area (Å²) in [6.45, 7) is 2.49. The maximum Gasteiger partial charge on any atom is 0.447 e. The summed E-state index contributed by atoms with van der Waals surface area (Å²) in [5, 5.41) is 0. The van der Waals surface area contributed by atoms with Gasteiger partial charge in [-0.3, -0.25) is 0 Å². The van der Waals surface area contributed by atoms with Crippen LogP contribution in [0.5, 0.6) is 0 Å². The zero-order chi connectivity index (χ0) is 7.56. The molecule has 10 heavy (non-hydrogen) atoms. The SMILES string of the molecule is CC1CCCN1C(=O)OF. The van der Waals surface area contributed by atoms with E-state index in [1.165, 1.54) is 4.90 Å². The monoisotopic (exact) mass is 147 g/mol. The van der Waals surface area contributed by atoms with Gasteiger partial charge < -0.3 is 4.90 Å². The summed E-state index contributed by atoms with van der Waals surface area (Å²) in [7, 11) is 0. The summed E-state index contributed by atoms with van der Waals surface area (Å²) in [5.74, 6) is 0. The molecule has 4 heteroatoms. The molecular formula is C6H10FNO2. The van der Waals surface area contributed by atoms with Crippen LogP contribution in [-0.4, -0.2) is 23.6 Å². The highest BCUT2D eigenvalue weighted by molar-refractivity contribution is 5.67. The number of amides is 1. The average molecular weight is 147 g/mol. The quantitative estimate of drug-likeness (QED) is 0.519. The molecule has 1 aliphatic heterocycles. The predicted molar refractivity (Wildman–Crippen MR) is 33.0 cm³/mol. The maximum absolute atomic E-state index is 11.3. The van der Waals surface area contributed by atoms with Crippen LogP contribution in [0.25, 0.3) is 0 Å². The second-order valence-electron chi connectivity index (χ2n) is 2.53. The second kappa shape index (κ2) is 2.86. The topological polar surface area (TPSA) is 29.5 Å². The lowest BCUT2D eigenvalue weighted by atomic mass is 10.2. The van der Waals surface area contributed by atoms with E-state index < -0.39 is 6.09 Å². The number of nitrogens with zero attached hydrogens (tertiary/aromatic N) is 1. The third-order valence-corrected chi connectivity index (χ3v) is 1.85. The summed E-state index contributed by atoms with van der Waals surface area (Å²) >= 11 is 0. The van der Waals surface area contributed by atoms with Crippen molar-refractivity contribution in [2.45, 2.75) is 25.8 Å². The molecule has 1 aliphatic rings. The fourth-order valence-electron chi connectivity index (χ4n) is 1.25. The Morgan fingerprint density at radius 1 is 1.80 bits per heavy atom. The van der Waals surface area contributed by atoms with Crippen LogP contribution >= 0.6 is 0 Å². The van der Waals surface area contributed by atoms with Crippen LogP contribution in [0.3, 0.4) is 0 Å². The van der Waals surface area contributed by atoms with Crippen molar-refractivity contribution in [2.75, 3.05) is 6.54 Å². The van der Waals surface area contributed by atoms with E-state index in [4.69, 9.17) is 0 Å². The van der Waals surface area contributed by atoms with Crippen LogP contribution in [0.15, 0.2) is 0 Å². The minimum Gasteiger partial charge on any atom is -0.303 e. The van der Waals surface area contributed by atoms with Crippen LogP contribution in [-0.2, 0) is 4.94 Å². The molecule has 1 atom stereocenters. The number of halogens is 1. The molecule has 0 radical (unpaired) electrons. The van der Waals surface area contributed by atoms with Gasteiger partial charge in [-0.25, -0.2) is 9.74 Å². The largest absolute Gasteiger partial charge is 0.447 e. The fourth-order valence-corrected chi connectivity index (χ4v) is 1.25. The lowest BCUT2D eigenvalue weighted by molar-refractivity contribution is -0.0803.